The van der Waals surface area contributed by atoms with Gasteiger partial charge in [-0.1, -0.05) is 18.2 Å². The van der Waals surface area contributed by atoms with Gasteiger partial charge in [-0.15, -0.1) is 0 Å². The average molecular weight is 367 g/mol. The number of piperidine rings is 1. The SMILES string of the molecule is CN(C(=O)/C=C\c1ccc(F)cc1)C1CCN(CCc2ccccn2)CC1. The fourth-order valence-electron chi connectivity index (χ4n) is 3.39. The topological polar surface area (TPSA) is 36.4 Å². The Morgan fingerprint density at radius 1 is 1.22 bits per heavy atom. The van der Waals surface area contributed by atoms with E-state index in [0.717, 1.165) is 50.2 Å². The lowest BCUT2D eigenvalue weighted by Crippen LogP contribution is -2.45. The quantitative estimate of drug-likeness (QED) is 0.734. The van der Waals surface area contributed by atoms with Crippen molar-refractivity contribution in [3.8, 4) is 0 Å². The van der Waals surface area contributed by atoms with E-state index in [9.17, 15) is 9.18 Å². The van der Waals surface area contributed by atoms with Crippen LogP contribution in [0, 0.1) is 5.82 Å². The Balaban J connectivity index is 1.44. The van der Waals surface area contributed by atoms with Crippen molar-refractivity contribution in [1.82, 2.24) is 14.8 Å². The zero-order valence-corrected chi connectivity index (χ0v) is 15.7. The van der Waals surface area contributed by atoms with Gasteiger partial charge in [-0.25, -0.2) is 4.39 Å². The molecule has 1 aliphatic rings. The van der Waals surface area contributed by atoms with Gasteiger partial charge in [0.15, 0.2) is 0 Å². The molecular weight excluding hydrogens is 341 g/mol. The lowest BCUT2D eigenvalue weighted by Gasteiger charge is -2.36. The Kier molecular flexibility index (Phi) is 6.71. The number of hydrogen-bond acceptors (Lipinski definition) is 3. The summed E-state index contributed by atoms with van der Waals surface area (Å²) in [7, 11) is 1.87. The summed E-state index contributed by atoms with van der Waals surface area (Å²) in [6.07, 6.45) is 8.06. The molecule has 0 radical (unpaired) electrons. The number of nitrogens with zero attached hydrogens (tertiary/aromatic N) is 3. The van der Waals surface area contributed by atoms with Crippen LogP contribution in [0.2, 0.25) is 0 Å². The molecule has 1 aromatic heterocycles. The van der Waals surface area contributed by atoms with Crippen LogP contribution in [0.25, 0.3) is 6.08 Å². The number of likely N-dealkylation sites (N-methyl/N-ethyl adjacent to an activating group) is 1. The van der Waals surface area contributed by atoms with E-state index in [1.54, 1.807) is 24.3 Å². The van der Waals surface area contributed by atoms with Crippen molar-refractivity contribution in [3.05, 3.63) is 71.8 Å². The van der Waals surface area contributed by atoms with Crippen molar-refractivity contribution >= 4 is 12.0 Å². The largest absolute Gasteiger partial charge is 0.339 e. The van der Waals surface area contributed by atoms with Crippen LogP contribution in [-0.4, -0.2) is 53.4 Å². The Labute approximate surface area is 160 Å². The highest BCUT2D eigenvalue weighted by atomic mass is 19.1. The van der Waals surface area contributed by atoms with Gasteiger partial charge in [0.25, 0.3) is 0 Å². The van der Waals surface area contributed by atoms with E-state index in [1.807, 2.05) is 30.3 Å². The molecule has 0 atom stereocenters. The third kappa shape index (κ3) is 5.73. The number of aromatic nitrogens is 1. The summed E-state index contributed by atoms with van der Waals surface area (Å²) in [5.41, 5.74) is 1.94. The van der Waals surface area contributed by atoms with E-state index in [2.05, 4.69) is 16.0 Å². The van der Waals surface area contributed by atoms with Crippen molar-refractivity contribution in [1.29, 1.82) is 0 Å². The molecule has 3 rings (SSSR count). The molecule has 2 aromatic rings. The van der Waals surface area contributed by atoms with Gasteiger partial charge in [0.05, 0.1) is 0 Å². The average Bonchev–Trinajstić information content (AvgIpc) is 2.72. The smallest absolute Gasteiger partial charge is 0.246 e. The first-order valence-corrected chi connectivity index (χ1v) is 9.44. The standard InChI is InChI=1S/C22H26FN3O/c1-25(22(27)10-7-18-5-8-19(23)9-6-18)21-12-16-26(17-13-21)15-11-20-4-2-3-14-24-20/h2-10,14,21H,11-13,15-17H2,1H3/b10-7-. The minimum atomic E-state index is -0.273. The maximum Gasteiger partial charge on any atom is 0.246 e. The van der Waals surface area contributed by atoms with E-state index in [-0.39, 0.29) is 17.8 Å². The Morgan fingerprint density at radius 3 is 2.63 bits per heavy atom. The third-order valence-corrected chi connectivity index (χ3v) is 5.15. The summed E-state index contributed by atoms with van der Waals surface area (Å²) >= 11 is 0. The highest BCUT2D eigenvalue weighted by molar-refractivity contribution is 5.91. The number of carbonyl (C=O) groups excluding carboxylic acids is 1. The number of likely N-dealkylation sites (tertiary alicyclic amines) is 1. The lowest BCUT2D eigenvalue weighted by atomic mass is 10.0. The minimum absolute atomic E-state index is 0.00809. The van der Waals surface area contributed by atoms with Crippen LogP contribution in [0.15, 0.2) is 54.7 Å². The molecule has 1 fully saturated rings. The van der Waals surface area contributed by atoms with Crippen LogP contribution in [0.3, 0.4) is 0 Å². The van der Waals surface area contributed by atoms with E-state index >= 15 is 0 Å². The molecule has 1 aliphatic heterocycles. The summed E-state index contributed by atoms with van der Waals surface area (Å²) in [6, 6.07) is 12.4. The van der Waals surface area contributed by atoms with Crippen molar-refractivity contribution in [2.24, 2.45) is 0 Å². The van der Waals surface area contributed by atoms with Crippen LogP contribution in [-0.2, 0) is 11.2 Å². The Bertz CT molecular complexity index is 753. The number of benzene rings is 1. The van der Waals surface area contributed by atoms with Crippen molar-refractivity contribution < 1.29 is 9.18 Å². The maximum absolute atomic E-state index is 12.9. The summed E-state index contributed by atoms with van der Waals surface area (Å²) in [4.78, 5) is 21.1. The van der Waals surface area contributed by atoms with Gasteiger partial charge >= 0.3 is 0 Å². The van der Waals surface area contributed by atoms with Crippen molar-refractivity contribution in [2.45, 2.75) is 25.3 Å². The summed E-state index contributed by atoms with van der Waals surface area (Å²) in [5, 5.41) is 0. The molecule has 5 heteroatoms. The predicted molar refractivity (Wildman–Crippen MR) is 106 cm³/mol. The second kappa shape index (κ2) is 9.42. The Morgan fingerprint density at radius 2 is 1.96 bits per heavy atom. The van der Waals surface area contributed by atoms with E-state index in [0.29, 0.717) is 0 Å². The number of hydrogen-bond donors (Lipinski definition) is 0. The fourth-order valence-corrected chi connectivity index (χ4v) is 3.39. The predicted octanol–water partition coefficient (Wildman–Crippen LogP) is 3.40. The van der Waals surface area contributed by atoms with E-state index < -0.39 is 0 Å². The van der Waals surface area contributed by atoms with Crippen LogP contribution in [0.1, 0.15) is 24.1 Å². The minimum Gasteiger partial charge on any atom is -0.339 e. The van der Waals surface area contributed by atoms with Crippen molar-refractivity contribution in [2.75, 3.05) is 26.7 Å². The first-order valence-electron chi connectivity index (χ1n) is 9.44. The summed E-state index contributed by atoms with van der Waals surface area (Å²) < 4.78 is 12.9. The molecule has 0 unspecified atom stereocenters. The monoisotopic (exact) mass is 367 g/mol. The molecule has 0 saturated carbocycles. The highest BCUT2D eigenvalue weighted by Crippen LogP contribution is 2.16. The van der Waals surface area contributed by atoms with Gasteiger partial charge in [0.1, 0.15) is 5.82 Å². The van der Waals surface area contributed by atoms with Gasteiger partial charge in [-0.3, -0.25) is 9.78 Å². The van der Waals surface area contributed by atoms with Gasteiger partial charge in [0, 0.05) is 57.1 Å². The molecular formula is C22H26FN3O. The number of carbonyl (C=O) groups is 1. The molecule has 0 bridgehead atoms. The molecule has 4 nitrogen and oxygen atoms in total. The van der Waals surface area contributed by atoms with E-state index in [1.165, 1.54) is 12.1 Å². The number of rotatable bonds is 6. The third-order valence-electron chi connectivity index (χ3n) is 5.15. The van der Waals surface area contributed by atoms with Crippen LogP contribution < -0.4 is 0 Å². The molecule has 142 valence electrons. The number of halogens is 1. The van der Waals surface area contributed by atoms with Crippen LogP contribution in [0.5, 0.6) is 0 Å². The van der Waals surface area contributed by atoms with Gasteiger partial charge in [-0.05, 0) is 48.7 Å². The second-order valence-electron chi connectivity index (χ2n) is 6.98. The number of pyridine rings is 1. The van der Waals surface area contributed by atoms with Crippen LogP contribution in [0.4, 0.5) is 4.39 Å². The molecule has 0 N–H and O–H groups in total. The van der Waals surface area contributed by atoms with Crippen LogP contribution >= 0.6 is 0 Å². The maximum atomic E-state index is 12.9. The molecule has 1 amide bonds. The molecule has 1 aromatic carbocycles. The Hall–Kier alpha value is -2.53. The first-order chi connectivity index (χ1) is 13.1. The van der Waals surface area contributed by atoms with Crippen molar-refractivity contribution in [3.63, 3.8) is 0 Å². The normalized spacial score (nSPS) is 15.9. The summed E-state index contributed by atoms with van der Waals surface area (Å²) in [5.74, 6) is -0.281. The zero-order chi connectivity index (χ0) is 19.1. The fraction of sp³-hybridized carbons (Fsp3) is 0.364. The lowest BCUT2D eigenvalue weighted by molar-refractivity contribution is -0.127. The summed E-state index contributed by atoms with van der Waals surface area (Å²) in [6.45, 7) is 3.00. The van der Waals surface area contributed by atoms with Gasteiger partial charge in [-0.2, -0.15) is 0 Å². The molecule has 2 heterocycles. The van der Waals surface area contributed by atoms with E-state index in [4.69, 9.17) is 0 Å². The molecule has 27 heavy (non-hydrogen) atoms. The highest BCUT2D eigenvalue weighted by Gasteiger charge is 2.24. The van der Waals surface area contributed by atoms with Gasteiger partial charge in [0.2, 0.25) is 5.91 Å². The number of amides is 1. The zero-order valence-electron chi connectivity index (χ0n) is 15.7. The molecule has 0 aliphatic carbocycles. The molecule has 1 saturated heterocycles. The second-order valence-corrected chi connectivity index (χ2v) is 6.98. The molecule has 0 spiro atoms. The first kappa shape index (κ1) is 19.2. The van der Waals surface area contributed by atoms with Gasteiger partial charge < -0.3 is 9.80 Å².